The van der Waals surface area contributed by atoms with Crippen molar-refractivity contribution >= 4 is 27.6 Å². The molecule has 5 nitrogen and oxygen atoms in total. The maximum atomic E-state index is 11.8. The molecule has 0 unspecified atom stereocenters. The van der Waals surface area contributed by atoms with Gasteiger partial charge in [-0.1, -0.05) is 24.2 Å². The number of hydrogen-bond acceptors (Lipinski definition) is 3. The summed E-state index contributed by atoms with van der Waals surface area (Å²) in [5, 5.41) is 9.07. The fraction of sp³-hybridized carbons (Fsp3) is 0.182. The van der Waals surface area contributed by atoms with Gasteiger partial charge in [0.2, 0.25) is 10.0 Å². The van der Waals surface area contributed by atoms with Crippen LogP contribution < -0.4 is 4.72 Å². The van der Waals surface area contributed by atoms with Gasteiger partial charge >= 0.3 is 5.97 Å². The Morgan fingerprint density at radius 3 is 2.61 bits per heavy atom. The molecule has 0 atom stereocenters. The molecule has 98 valence electrons. The van der Waals surface area contributed by atoms with E-state index >= 15 is 0 Å². The Morgan fingerprint density at radius 1 is 1.50 bits per heavy atom. The lowest BCUT2D eigenvalue weighted by Crippen LogP contribution is -2.25. The van der Waals surface area contributed by atoms with Gasteiger partial charge in [-0.15, -0.1) is 0 Å². The van der Waals surface area contributed by atoms with E-state index in [1.165, 1.54) is 12.1 Å². The van der Waals surface area contributed by atoms with Crippen molar-refractivity contribution in [2.24, 2.45) is 0 Å². The second kappa shape index (κ2) is 5.51. The van der Waals surface area contributed by atoms with Crippen molar-refractivity contribution in [3.05, 3.63) is 40.9 Å². The first kappa shape index (κ1) is 14.7. The molecule has 0 fully saturated rings. The number of hydrogen-bond donors (Lipinski definition) is 2. The lowest BCUT2D eigenvalue weighted by molar-refractivity contribution is 0.0696. The second-order valence-corrected chi connectivity index (χ2v) is 5.93. The van der Waals surface area contributed by atoms with E-state index in [0.29, 0.717) is 5.56 Å². The van der Waals surface area contributed by atoms with Gasteiger partial charge in [0.25, 0.3) is 0 Å². The maximum Gasteiger partial charge on any atom is 0.335 e. The average molecular weight is 290 g/mol. The third kappa shape index (κ3) is 3.56. The number of aryl methyl sites for hydroxylation is 1. The molecular formula is C11H12ClNO4S. The summed E-state index contributed by atoms with van der Waals surface area (Å²) < 4.78 is 25.8. The molecule has 1 aromatic rings. The summed E-state index contributed by atoms with van der Waals surface area (Å²) in [6.07, 6.45) is 0. The summed E-state index contributed by atoms with van der Waals surface area (Å²) in [5.41, 5.74) is 0.436. The van der Waals surface area contributed by atoms with E-state index in [4.69, 9.17) is 16.7 Å². The number of carbonyl (C=O) groups is 1. The number of carboxylic acids is 1. The van der Waals surface area contributed by atoms with Gasteiger partial charge in [0, 0.05) is 11.6 Å². The van der Waals surface area contributed by atoms with Crippen LogP contribution in [0.1, 0.15) is 15.9 Å². The minimum absolute atomic E-state index is 0.0532. The summed E-state index contributed by atoms with van der Waals surface area (Å²) in [4.78, 5) is 10.8. The molecule has 0 amide bonds. The van der Waals surface area contributed by atoms with E-state index in [2.05, 4.69) is 11.3 Å². The highest BCUT2D eigenvalue weighted by molar-refractivity contribution is 7.89. The van der Waals surface area contributed by atoms with Crippen molar-refractivity contribution in [3.8, 4) is 0 Å². The van der Waals surface area contributed by atoms with Crippen LogP contribution in [0, 0.1) is 6.92 Å². The van der Waals surface area contributed by atoms with Crippen LogP contribution >= 0.6 is 11.6 Å². The van der Waals surface area contributed by atoms with Crippen molar-refractivity contribution in [1.29, 1.82) is 0 Å². The van der Waals surface area contributed by atoms with Crippen LogP contribution in [0.25, 0.3) is 0 Å². The highest BCUT2D eigenvalue weighted by Gasteiger charge is 2.17. The van der Waals surface area contributed by atoms with Gasteiger partial charge in [0.15, 0.2) is 0 Å². The molecule has 0 aliphatic rings. The Balaban J connectivity index is 3.14. The molecular weight excluding hydrogens is 278 g/mol. The van der Waals surface area contributed by atoms with Crippen LogP contribution in [0.15, 0.2) is 34.7 Å². The van der Waals surface area contributed by atoms with Gasteiger partial charge < -0.3 is 5.11 Å². The van der Waals surface area contributed by atoms with Crippen molar-refractivity contribution in [1.82, 2.24) is 4.72 Å². The molecule has 18 heavy (non-hydrogen) atoms. The molecule has 0 aliphatic heterocycles. The normalized spacial score (nSPS) is 11.2. The number of nitrogens with one attached hydrogen (secondary N) is 1. The Hall–Kier alpha value is -1.37. The monoisotopic (exact) mass is 289 g/mol. The van der Waals surface area contributed by atoms with Gasteiger partial charge in [0.1, 0.15) is 0 Å². The molecule has 0 spiro atoms. The Morgan fingerprint density at radius 2 is 2.11 bits per heavy atom. The standard InChI is InChI=1S/C11H12ClNO4S/c1-7-3-4-9(5-10(7)11(14)15)18(16,17)13-6-8(2)12/h3-5,13H,2,6H2,1H3,(H,14,15). The molecule has 0 saturated heterocycles. The molecule has 0 saturated carbocycles. The quantitative estimate of drug-likeness (QED) is 0.864. The summed E-state index contributed by atoms with van der Waals surface area (Å²) >= 11 is 5.46. The number of sulfonamides is 1. The molecule has 0 bridgehead atoms. The minimum atomic E-state index is -3.79. The Bertz CT molecular complexity index is 595. The number of aromatic carboxylic acids is 1. The summed E-state index contributed by atoms with van der Waals surface area (Å²) in [6, 6.07) is 3.88. The second-order valence-electron chi connectivity index (χ2n) is 3.62. The van der Waals surface area contributed by atoms with Crippen molar-refractivity contribution in [2.45, 2.75) is 11.8 Å². The molecule has 1 rings (SSSR count). The topological polar surface area (TPSA) is 83.5 Å². The summed E-state index contributed by atoms with van der Waals surface area (Å²) in [6.45, 7) is 4.84. The van der Waals surface area contributed by atoms with Gasteiger partial charge in [0.05, 0.1) is 10.5 Å². The number of halogens is 1. The first-order valence-corrected chi connectivity index (χ1v) is 6.77. The van der Waals surface area contributed by atoms with Crippen molar-refractivity contribution < 1.29 is 18.3 Å². The van der Waals surface area contributed by atoms with Crippen LogP contribution in [0.3, 0.4) is 0 Å². The lowest BCUT2D eigenvalue weighted by Gasteiger charge is -2.08. The number of benzene rings is 1. The lowest BCUT2D eigenvalue weighted by atomic mass is 10.1. The highest BCUT2D eigenvalue weighted by Crippen LogP contribution is 2.15. The molecule has 7 heteroatoms. The predicted molar refractivity (Wildman–Crippen MR) is 68.3 cm³/mol. The Labute approximate surface area is 110 Å². The van der Waals surface area contributed by atoms with Crippen LogP contribution in [0.2, 0.25) is 0 Å². The predicted octanol–water partition coefficient (Wildman–Crippen LogP) is 1.72. The van der Waals surface area contributed by atoms with Gasteiger partial charge in [-0.25, -0.2) is 17.9 Å². The first-order valence-electron chi connectivity index (χ1n) is 4.91. The third-order valence-electron chi connectivity index (χ3n) is 2.20. The highest BCUT2D eigenvalue weighted by atomic mass is 35.5. The zero-order valence-electron chi connectivity index (χ0n) is 9.60. The average Bonchev–Trinajstić information content (AvgIpc) is 2.26. The zero-order chi connectivity index (χ0) is 13.9. The summed E-state index contributed by atoms with van der Waals surface area (Å²) in [7, 11) is -3.79. The van der Waals surface area contributed by atoms with E-state index in [-0.39, 0.29) is 22.0 Å². The van der Waals surface area contributed by atoms with Gasteiger partial charge in [-0.2, -0.15) is 0 Å². The molecule has 0 heterocycles. The van der Waals surface area contributed by atoms with E-state index in [9.17, 15) is 13.2 Å². The minimum Gasteiger partial charge on any atom is -0.478 e. The molecule has 0 radical (unpaired) electrons. The Kier molecular flexibility index (Phi) is 4.50. The van der Waals surface area contributed by atoms with Gasteiger partial charge in [-0.3, -0.25) is 0 Å². The SMILES string of the molecule is C=C(Cl)CNS(=O)(=O)c1ccc(C)c(C(=O)O)c1. The fourth-order valence-corrected chi connectivity index (χ4v) is 2.45. The molecule has 2 N–H and O–H groups in total. The van der Waals surface area contributed by atoms with Crippen molar-refractivity contribution in [3.63, 3.8) is 0 Å². The summed E-state index contributed by atoms with van der Waals surface area (Å²) in [5.74, 6) is -1.17. The molecule has 1 aromatic carbocycles. The van der Waals surface area contributed by atoms with Crippen LogP contribution in [0.4, 0.5) is 0 Å². The van der Waals surface area contributed by atoms with Crippen LogP contribution in [-0.2, 0) is 10.0 Å². The van der Waals surface area contributed by atoms with E-state index in [1.54, 1.807) is 6.92 Å². The zero-order valence-corrected chi connectivity index (χ0v) is 11.2. The van der Waals surface area contributed by atoms with Crippen LogP contribution in [-0.4, -0.2) is 26.0 Å². The van der Waals surface area contributed by atoms with Crippen molar-refractivity contribution in [2.75, 3.05) is 6.54 Å². The van der Waals surface area contributed by atoms with E-state index in [0.717, 1.165) is 6.07 Å². The fourth-order valence-electron chi connectivity index (χ4n) is 1.26. The third-order valence-corrected chi connectivity index (χ3v) is 3.74. The maximum absolute atomic E-state index is 11.8. The molecule has 0 aliphatic carbocycles. The number of rotatable bonds is 5. The van der Waals surface area contributed by atoms with Gasteiger partial charge in [-0.05, 0) is 24.6 Å². The van der Waals surface area contributed by atoms with Crippen LogP contribution in [0.5, 0.6) is 0 Å². The smallest absolute Gasteiger partial charge is 0.335 e. The van der Waals surface area contributed by atoms with E-state index < -0.39 is 16.0 Å². The largest absolute Gasteiger partial charge is 0.478 e. The first-order chi connectivity index (χ1) is 8.24. The van der Waals surface area contributed by atoms with E-state index in [1.807, 2.05) is 0 Å². The number of carboxylic acid groups (broad SMARTS) is 1. The molecule has 0 aromatic heterocycles.